The second-order valence-corrected chi connectivity index (χ2v) is 5.02. The third-order valence-corrected chi connectivity index (χ3v) is 3.11. The predicted octanol–water partition coefficient (Wildman–Crippen LogP) is 3.69. The topological polar surface area (TPSA) is 12.5 Å². The summed E-state index contributed by atoms with van der Waals surface area (Å²) in [4.78, 5) is 2.10. The Balaban J connectivity index is 2.08. The van der Waals surface area contributed by atoms with E-state index in [1.807, 2.05) is 50.5 Å². The number of likely N-dealkylation sites (N-methyl/N-ethyl adjacent to an activating group) is 1. The molecule has 0 radical (unpaired) electrons. The van der Waals surface area contributed by atoms with E-state index in [9.17, 15) is 0 Å². The van der Waals surface area contributed by atoms with E-state index in [-0.39, 0.29) is 0 Å². The third-order valence-electron chi connectivity index (χ3n) is 3.11. The smallest absolute Gasteiger partial charge is 0.119 e. The molecule has 0 aliphatic heterocycles. The SMILES string of the molecule is C=C(c1ccccc1)c1cccc(OCCN(C)C)c1. The van der Waals surface area contributed by atoms with Gasteiger partial charge in [-0.2, -0.15) is 0 Å². The molecule has 0 heterocycles. The molecule has 104 valence electrons. The van der Waals surface area contributed by atoms with Gasteiger partial charge in [0.25, 0.3) is 0 Å². The van der Waals surface area contributed by atoms with Crippen LogP contribution in [0.1, 0.15) is 11.1 Å². The minimum atomic E-state index is 0.689. The number of rotatable bonds is 6. The van der Waals surface area contributed by atoms with Crippen molar-refractivity contribution >= 4 is 5.57 Å². The standard InChI is InChI=1S/C18H21NO/c1-15(16-8-5-4-6-9-16)17-10-7-11-18(14-17)20-13-12-19(2)3/h4-11,14H,1,12-13H2,2-3H3. The molecule has 0 atom stereocenters. The Hall–Kier alpha value is -2.06. The lowest BCUT2D eigenvalue weighted by molar-refractivity contribution is 0.261. The molecule has 2 rings (SSSR count). The molecule has 0 aliphatic rings. The molecule has 20 heavy (non-hydrogen) atoms. The van der Waals surface area contributed by atoms with Gasteiger partial charge in [0.15, 0.2) is 0 Å². The zero-order valence-electron chi connectivity index (χ0n) is 12.2. The molecular formula is C18H21NO. The lowest BCUT2D eigenvalue weighted by atomic mass is 10.00. The fourth-order valence-corrected chi connectivity index (χ4v) is 1.93. The van der Waals surface area contributed by atoms with Crippen molar-refractivity contribution < 1.29 is 4.74 Å². The molecule has 0 amide bonds. The Kier molecular flexibility index (Phi) is 4.97. The van der Waals surface area contributed by atoms with Crippen molar-refractivity contribution in [2.75, 3.05) is 27.2 Å². The van der Waals surface area contributed by atoms with E-state index in [1.165, 1.54) is 0 Å². The van der Waals surface area contributed by atoms with Crippen LogP contribution in [-0.2, 0) is 0 Å². The first-order valence-corrected chi connectivity index (χ1v) is 6.79. The molecule has 0 unspecified atom stereocenters. The average Bonchev–Trinajstić information content (AvgIpc) is 2.47. The lowest BCUT2D eigenvalue weighted by Crippen LogP contribution is -2.19. The Bertz CT molecular complexity index is 561. The van der Waals surface area contributed by atoms with Gasteiger partial charge in [0.05, 0.1) is 0 Å². The van der Waals surface area contributed by atoms with Gasteiger partial charge in [-0.05, 0) is 42.9 Å². The van der Waals surface area contributed by atoms with Crippen molar-refractivity contribution in [3.05, 3.63) is 72.3 Å². The minimum absolute atomic E-state index is 0.689. The summed E-state index contributed by atoms with van der Waals surface area (Å²) < 4.78 is 5.76. The van der Waals surface area contributed by atoms with Gasteiger partial charge in [-0.15, -0.1) is 0 Å². The molecule has 0 fully saturated rings. The van der Waals surface area contributed by atoms with Gasteiger partial charge in [0.2, 0.25) is 0 Å². The maximum Gasteiger partial charge on any atom is 0.119 e. The summed E-state index contributed by atoms with van der Waals surface area (Å²) in [5.74, 6) is 0.890. The maximum absolute atomic E-state index is 5.76. The summed E-state index contributed by atoms with van der Waals surface area (Å²) in [5.41, 5.74) is 3.25. The summed E-state index contributed by atoms with van der Waals surface area (Å²) >= 11 is 0. The Morgan fingerprint density at radius 2 is 1.70 bits per heavy atom. The summed E-state index contributed by atoms with van der Waals surface area (Å²) in [5, 5.41) is 0. The normalized spacial score (nSPS) is 10.6. The highest BCUT2D eigenvalue weighted by atomic mass is 16.5. The number of hydrogen-bond acceptors (Lipinski definition) is 2. The Morgan fingerprint density at radius 1 is 1.00 bits per heavy atom. The molecule has 2 aromatic carbocycles. The number of nitrogens with zero attached hydrogens (tertiary/aromatic N) is 1. The van der Waals surface area contributed by atoms with Crippen molar-refractivity contribution in [1.29, 1.82) is 0 Å². The summed E-state index contributed by atoms with van der Waals surface area (Å²) in [6.07, 6.45) is 0. The summed E-state index contributed by atoms with van der Waals surface area (Å²) in [6, 6.07) is 18.3. The van der Waals surface area contributed by atoms with Crippen LogP contribution in [0, 0.1) is 0 Å². The van der Waals surface area contributed by atoms with Crippen LogP contribution in [0.2, 0.25) is 0 Å². The average molecular weight is 267 g/mol. The molecule has 0 N–H and O–H groups in total. The van der Waals surface area contributed by atoms with Gasteiger partial charge in [0, 0.05) is 6.54 Å². The first-order valence-electron chi connectivity index (χ1n) is 6.79. The number of benzene rings is 2. The van der Waals surface area contributed by atoms with Crippen LogP contribution < -0.4 is 4.74 Å². The molecule has 2 nitrogen and oxygen atoms in total. The first kappa shape index (κ1) is 14.4. The van der Waals surface area contributed by atoms with E-state index in [0.717, 1.165) is 29.0 Å². The van der Waals surface area contributed by atoms with Crippen molar-refractivity contribution in [2.45, 2.75) is 0 Å². The van der Waals surface area contributed by atoms with Crippen LogP contribution in [0.5, 0.6) is 5.75 Å². The zero-order valence-corrected chi connectivity index (χ0v) is 12.2. The van der Waals surface area contributed by atoms with Gasteiger partial charge in [0.1, 0.15) is 12.4 Å². The van der Waals surface area contributed by atoms with Gasteiger partial charge in [-0.1, -0.05) is 49.0 Å². The van der Waals surface area contributed by atoms with Crippen molar-refractivity contribution in [2.24, 2.45) is 0 Å². The third kappa shape index (κ3) is 3.97. The Morgan fingerprint density at radius 3 is 2.40 bits per heavy atom. The van der Waals surface area contributed by atoms with E-state index < -0.39 is 0 Å². The molecule has 0 saturated carbocycles. The highest BCUT2D eigenvalue weighted by molar-refractivity contribution is 5.78. The van der Waals surface area contributed by atoms with Crippen LogP contribution in [0.15, 0.2) is 61.2 Å². The summed E-state index contributed by atoms with van der Waals surface area (Å²) in [7, 11) is 4.08. The quantitative estimate of drug-likeness (QED) is 0.791. The monoisotopic (exact) mass is 267 g/mol. The van der Waals surface area contributed by atoms with E-state index >= 15 is 0 Å². The molecule has 0 bridgehead atoms. The fourth-order valence-electron chi connectivity index (χ4n) is 1.93. The fraction of sp³-hybridized carbons (Fsp3) is 0.222. The number of ether oxygens (including phenoxy) is 1. The highest BCUT2D eigenvalue weighted by Crippen LogP contribution is 2.24. The molecular weight excluding hydrogens is 246 g/mol. The van der Waals surface area contributed by atoms with Gasteiger partial charge in [-0.3, -0.25) is 0 Å². The zero-order chi connectivity index (χ0) is 14.4. The maximum atomic E-state index is 5.76. The summed E-state index contributed by atoms with van der Waals surface area (Å²) in [6.45, 7) is 5.78. The van der Waals surface area contributed by atoms with Crippen molar-refractivity contribution in [1.82, 2.24) is 4.90 Å². The van der Waals surface area contributed by atoms with Gasteiger partial charge in [-0.25, -0.2) is 0 Å². The van der Waals surface area contributed by atoms with Gasteiger partial charge >= 0.3 is 0 Å². The van der Waals surface area contributed by atoms with E-state index in [2.05, 4.69) is 29.7 Å². The second-order valence-electron chi connectivity index (χ2n) is 5.02. The van der Waals surface area contributed by atoms with Crippen LogP contribution in [0.25, 0.3) is 5.57 Å². The van der Waals surface area contributed by atoms with E-state index in [1.54, 1.807) is 0 Å². The molecule has 2 aromatic rings. The second kappa shape index (κ2) is 6.92. The lowest BCUT2D eigenvalue weighted by Gasteiger charge is -2.12. The molecule has 0 aromatic heterocycles. The van der Waals surface area contributed by atoms with Crippen LogP contribution in [0.3, 0.4) is 0 Å². The molecule has 0 aliphatic carbocycles. The Labute approximate surface area is 121 Å². The predicted molar refractivity (Wildman–Crippen MR) is 85.1 cm³/mol. The molecule has 0 saturated heterocycles. The molecule has 2 heteroatoms. The first-order chi connectivity index (χ1) is 9.66. The van der Waals surface area contributed by atoms with Crippen LogP contribution in [0.4, 0.5) is 0 Å². The highest BCUT2D eigenvalue weighted by Gasteiger charge is 2.03. The van der Waals surface area contributed by atoms with Crippen LogP contribution >= 0.6 is 0 Å². The van der Waals surface area contributed by atoms with Crippen LogP contribution in [-0.4, -0.2) is 32.1 Å². The number of hydrogen-bond donors (Lipinski definition) is 0. The largest absolute Gasteiger partial charge is 0.492 e. The molecule has 0 spiro atoms. The minimum Gasteiger partial charge on any atom is -0.492 e. The van der Waals surface area contributed by atoms with Gasteiger partial charge < -0.3 is 9.64 Å². The van der Waals surface area contributed by atoms with Crippen molar-refractivity contribution in [3.63, 3.8) is 0 Å². The van der Waals surface area contributed by atoms with E-state index in [0.29, 0.717) is 6.61 Å². The van der Waals surface area contributed by atoms with E-state index in [4.69, 9.17) is 4.74 Å². The van der Waals surface area contributed by atoms with Crippen molar-refractivity contribution in [3.8, 4) is 5.75 Å².